The minimum atomic E-state index is 0.647. The van der Waals surface area contributed by atoms with Gasteiger partial charge < -0.3 is 0 Å². The normalized spacial score (nSPS) is 11.6. The number of aromatic nitrogens is 4. The zero-order valence-corrected chi connectivity index (χ0v) is 23.6. The van der Waals surface area contributed by atoms with Crippen LogP contribution in [-0.2, 0) is 0 Å². The summed E-state index contributed by atoms with van der Waals surface area (Å²) in [4.78, 5) is 19.5. The second-order valence-corrected chi connectivity index (χ2v) is 11.2. The van der Waals surface area contributed by atoms with E-state index in [2.05, 4.69) is 108 Å². The molecule has 0 spiro atoms. The zero-order valence-electron chi connectivity index (χ0n) is 23.6. The number of hydrogen-bond donors (Lipinski definition) is 0. The summed E-state index contributed by atoms with van der Waals surface area (Å²) in [5, 5.41) is 11.8. The maximum absolute atomic E-state index is 5.09. The van der Waals surface area contributed by atoms with Crippen molar-refractivity contribution in [1.82, 2.24) is 19.9 Å². The molecule has 0 fully saturated rings. The molecule has 2 heterocycles. The van der Waals surface area contributed by atoms with Gasteiger partial charge in [0.1, 0.15) is 0 Å². The van der Waals surface area contributed by atoms with Crippen molar-refractivity contribution in [3.8, 4) is 34.2 Å². The molecule has 9 aromatic rings. The van der Waals surface area contributed by atoms with Crippen molar-refractivity contribution < 1.29 is 0 Å². The van der Waals surface area contributed by atoms with Crippen molar-refractivity contribution in [2.75, 3.05) is 0 Å². The van der Waals surface area contributed by atoms with Crippen LogP contribution >= 0.6 is 0 Å². The van der Waals surface area contributed by atoms with Gasteiger partial charge >= 0.3 is 0 Å². The zero-order chi connectivity index (χ0) is 29.0. The number of hydrogen-bond acceptors (Lipinski definition) is 4. The van der Waals surface area contributed by atoms with Crippen LogP contribution < -0.4 is 0 Å². The maximum atomic E-state index is 5.09. The van der Waals surface area contributed by atoms with Crippen LogP contribution in [-0.4, -0.2) is 19.9 Å². The SMILES string of the molecule is c1ccc(-c2nc(-c3ccc4ccc5ccccc5c4c3)nc(-c3ccc4ccc5c6cnccc6ccc5c4c3)n2)cc1. The molecule has 0 aliphatic heterocycles. The minimum absolute atomic E-state index is 0.647. The number of pyridine rings is 1. The fraction of sp³-hybridized carbons (Fsp3) is 0. The van der Waals surface area contributed by atoms with Crippen molar-refractivity contribution in [1.29, 1.82) is 0 Å². The van der Waals surface area contributed by atoms with Crippen molar-refractivity contribution in [3.63, 3.8) is 0 Å². The Labute approximate surface area is 253 Å². The fourth-order valence-electron chi connectivity index (χ4n) is 6.34. The van der Waals surface area contributed by atoms with E-state index in [-0.39, 0.29) is 0 Å². The summed E-state index contributed by atoms with van der Waals surface area (Å²) in [5.74, 6) is 1.95. The lowest BCUT2D eigenvalue weighted by atomic mass is 9.96. The predicted molar refractivity (Wildman–Crippen MR) is 181 cm³/mol. The highest BCUT2D eigenvalue weighted by Gasteiger charge is 2.14. The number of rotatable bonds is 3. The molecule has 4 heteroatoms. The molecule has 0 amide bonds. The summed E-state index contributed by atoms with van der Waals surface area (Å²) in [6.45, 7) is 0. The van der Waals surface area contributed by atoms with Crippen molar-refractivity contribution >= 4 is 53.9 Å². The molecular weight excluding hydrogens is 536 g/mol. The van der Waals surface area contributed by atoms with Crippen molar-refractivity contribution in [3.05, 3.63) is 146 Å². The summed E-state index contributed by atoms with van der Waals surface area (Å²) in [6.07, 6.45) is 3.79. The lowest BCUT2D eigenvalue weighted by molar-refractivity contribution is 1.08. The first-order valence-electron chi connectivity index (χ1n) is 14.7. The van der Waals surface area contributed by atoms with Crippen LogP contribution in [0.1, 0.15) is 0 Å². The van der Waals surface area contributed by atoms with Gasteiger partial charge in [-0.15, -0.1) is 0 Å². The summed E-state index contributed by atoms with van der Waals surface area (Å²) < 4.78 is 0. The molecule has 4 nitrogen and oxygen atoms in total. The highest BCUT2D eigenvalue weighted by Crippen LogP contribution is 2.34. The molecule has 0 bridgehead atoms. The molecule has 0 aliphatic carbocycles. The first-order valence-corrected chi connectivity index (χ1v) is 14.7. The molecule has 7 aromatic carbocycles. The second-order valence-electron chi connectivity index (χ2n) is 11.2. The minimum Gasteiger partial charge on any atom is -0.264 e. The average molecular weight is 561 g/mol. The Hall–Kier alpha value is -6.00. The van der Waals surface area contributed by atoms with E-state index in [0.29, 0.717) is 17.5 Å². The molecule has 0 radical (unpaired) electrons. The molecule has 0 aliphatic rings. The average Bonchev–Trinajstić information content (AvgIpc) is 3.11. The van der Waals surface area contributed by atoms with Gasteiger partial charge in [-0.1, -0.05) is 115 Å². The first kappa shape index (κ1) is 24.6. The predicted octanol–water partition coefficient (Wildman–Crippen LogP) is 10.0. The van der Waals surface area contributed by atoms with Crippen LogP contribution in [0, 0.1) is 0 Å². The van der Waals surface area contributed by atoms with E-state index in [9.17, 15) is 0 Å². The molecule has 44 heavy (non-hydrogen) atoms. The largest absolute Gasteiger partial charge is 0.264 e. The third-order valence-electron chi connectivity index (χ3n) is 8.57. The van der Waals surface area contributed by atoms with Crippen LogP contribution in [0.15, 0.2) is 146 Å². The molecule has 0 saturated carbocycles. The number of nitrogens with zero attached hydrogens (tertiary/aromatic N) is 4. The van der Waals surface area contributed by atoms with Gasteiger partial charge in [-0.25, -0.2) is 15.0 Å². The first-order chi connectivity index (χ1) is 21.8. The van der Waals surface area contributed by atoms with E-state index < -0.39 is 0 Å². The lowest BCUT2D eigenvalue weighted by Gasteiger charge is -2.11. The molecule has 0 saturated heterocycles. The van der Waals surface area contributed by atoms with Gasteiger partial charge in [0, 0.05) is 34.5 Å². The van der Waals surface area contributed by atoms with Gasteiger partial charge in [0.25, 0.3) is 0 Å². The Morgan fingerprint density at radius 1 is 0.318 bits per heavy atom. The van der Waals surface area contributed by atoms with Crippen molar-refractivity contribution in [2.45, 2.75) is 0 Å². The highest BCUT2D eigenvalue weighted by molar-refractivity contribution is 6.17. The maximum Gasteiger partial charge on any atom is 0.164 e. The van der Waals surface area contributed by atoms with E-state index >= 15 is 0 Å². The molecule has 0 atom stereocenters. The molecule has 2 aromatic heterocycles. The van der Waals surface area contributed by atoms with Crippen LogP contribution in [0.3, 0.4) is 0 Å². The third-order valence-corrected chi connectivity index (χ3v) is 8.57. The number of fused-ring (bicyclic) bond motifs is 8. The van der Waals surface area contributed by atoms with Crippen LogP contribution in [0.5, 0.6) is 0 Å². The number of benzene rings is 7. The van der Waals surface area contributed by atoms with Gasteiger partial charge in [0.15, 0.2) is 17.5 Å². The van der Waals surface area contributed by atoms with Gasteiger partial charge in [0.2, 0.25) is 0 Å². The van der Waals surface area contributed by atoms with Gasteiger partial charge in [-0.3, -0.25) is 4.98 Å². The van der Waals surface area contributed by atoms with Crippen LogP contribution in [0.4, 0.5) is 0 Å². The molecule has 0 unspecified atom stereocenters. The van der Waals surface area contributed by atoms with E-state index in [1.165, 1.54) is 43.1 Å². The topological polar surface area (TPSA) is 51.6 Å². The Kier molecular flexibility index (Phi) is 5.47. The molecule has 0 N–H and O–H groups in total. The summed E-state index contributed by atoms with van der Waals surface area (Å²) in [7, 11) is 0. The van der Waals surface area contributed by atoms with Gasteiger partial charge in [0.05, 0.1) is 0 Å². The van der Waals surface area contributed by atoms with E-state index in [4.69, 9.17) is 15.0 Å². The smallest absolute Gasteiger partial charge is 0.164 e. The molecule has 204 valence electrons. The third kappa shape index (κ3) is 4.00. The van der Waals surface area contributed by atoms with E-state index in [1.54, 1.807) is 0 Å². The second kappa shape index (κ2) is 9.79. The molecular formula is C40H24N4. The van der Waals surface area contributed by atoms with Crippen LogP contribution in [0.25, 0.3) is 88.0 Å². The van der Waals surface area contributed by atoms with Gasteiger partial charge in [-0.05, 0) is 66.7 Å². The Balaban J connectivity index is 1.27. The van der Waals surface area contributed by atoms with E-state index in [0.717, 1.165) is 27.5 Å². The standard InChI is InChI=1S/C40H24N4/c1-2-7-29(8-3-1)38-42-39(30-14-12-26-11-10-25-6-4-5-9-32(25)35(26)22-30)44-40(43-38)31-15-13-27-16-19-34-33(36(27)23-31)18-17-28-20-21-41-24-37(28)34/h1-24H. The quantitative estimate of drug-likeness (QED) is 0.202. The van der Waals surface area contributed by atoms with Crippen molar-refractivity contribution in [2.24, 2.45) is 0 Å². The fourth-order valence-corrected chi connectivity index (χ4v) is 6.34. The Bertz CT molecular complexity index is 2560. The Morgan fingerprint density at radius 2 is 0.818 bits per heavy atom. The highest BCUT2D eigenvalue weighted by atomic mass is 15.0. The Morgan fingerprint density at radius 3 is 1.52 bits per heavy atom. The lowest BCUT2D eigenvalue weighted by Crippen LogP contribution is -2.00. The van der Waals surface area contributed by atoms with E-state index in [1.807, 2.05) is 42.7 Å². The summed E-state index contributed by atoms with van der Waals surface area (Å²) in [5.41, 5.74) is 2.86. The summed E-state index contributed by atoms with van der Waals surface area (Å²) in [6, 6.07) is 46.7. The monoisotopic (exact) mass is 560 g/mol. The molecule has 9 rings (SSSR count). The van der Waals surface area contributed by atoms with Gasteiger partial charge in [-0.2, -0.15) is 0 Å². The summed E-state index contributed by atoms with van der Waals surface area (Å²) >= 11 is 0. The van der Waals surface area contributed by atoms with Crippen LogP contribution in [0.2, 0.25) is 0 Å².